The summed E-state index contributed by atoms with van der Waals surface area (Å²) in [6.07, 6.45) is 6.51. The number of hydrogen-bond acceptors (Lipinski definition) is 1. The fraction of sp³-hybridized carbons (Fsp3) is 0.500. The smallest absolute Gasteiger partial charge is 0.0230 e. The number of nitrogens with one attached hydrogen (secondary N) is 1. The van der Waals surface area contributed by atoms with Crippen LogP contribution in [0.3, 0.4) is 0 Å². The highest BCUT2D eigenvalue weighted by Gasteiger charge is 2.38. The van der Waals surface area contributed by atoms with E-state index in [-0.39, 0.29) is 0 Å². The maximum atomic E-state index is 3.40. The Labute approximate surface area is 91.9 Å². The molecule has 0 aromatic heterocycles. The van der Waals surface area contributed by atoms with Crippen LogP contribution in [0.15, 0.2) is 24.3 Å². The van der Waals surface area contributed by atoms with Crippen molar-refractivity contribution in [3.05, 3.63) is 41.9 Å². The Balaban J connectivity index is 1.99. The fourth-order valence-electron chi connectivity index (χ4n) is 3.24. The molecule has 1 heteroatoms. The Morgan fingerprint density at radius 3 is 3.07 bits per heavy atom. The maximum absolute atomic E-state index is 3.40. The summed E-state index contributed by atoms with van der Waals surface area (Å²) in [4.78, 5) is 0. The zero-order valence-electron chi connectivity index (χ0n) is 9.13. The van der Waals surface area contributed by atoms with Crippen LogP contribution in [0.5, 0.6) is 0 Å². The van der Waals surface area contributed by atoms with E-state index in [9.17, 15) is 0 Å². The molecule has 79 valence electrons. The molecule has 1 aromatic carbocycles. The van der Waals surface area contributed by atoms with E-state index in [2.05, 4.69) is 36.1 Å². The molecule has 1 fully saturated rings. The predicted octanol–water partition coefficient (Wildman–Crippen LogP) is 2.81. The summed E-state index contributed by atoms with van der Waals surface area (Å²) in [6, 6.07) is 9.03. The lowest BCUT2D eigenvalue weighted by Gasteiger charge is -2.28. The normalized spacial score (nSPS) is 30.1. The van der Waals surface area contributed by atoms with E-state index < -0.39 is 0 Å². The molecule has 1 heterocycles. The first-order chi connectivity index (χ1) is 7.41. The van der Waals surface area contributed by atoms with Gasteiger partial charge in [-0.1, -0.05) is 24.3 Å². The van der Waals surface area contributed by atoms with Crippen molar-refractivity contribution in [2.75, 3.05) is 6.54 Å². The third-order valence-electron chi connectivity index (χ3n) is 4.08. The van der Waals surface area contributed by atoms with Gasteiger partial charge in [0.15, 0.2) is 0 Å². The van der Waals surface area contributed by atoms with Crippen LogP contribution in [0.4, 0.5) is 0 Å². The topological polar surface area (TPSA) is 12.0 Å². The summed E-state index contributed by atoms with van der Waals surface area (Å²) in [5.74, 6) is 0. The zero-order chi connectivity index (χ0) is 10.1. The van der Waals surface area contributed by atoms with Gasteiger partial charge < -0.3 is 5.32 Å². The van der Waals surface area contributed by atoms with Gasteiger partial charge in [0.2, 0.25) is 0 Å². The van der Waals surface area contributed by atoms with Crippen molar-refractivity contribution in [1.29, 1.82) is 0 Å². The molecule has 1 saturated heterocycles. The third kappa shape index (κ3) is 1.50. The second-order valence-corrected chi connectivity index (χ2v) is 4.90. The summed E-state index contributed by atoms with van der Waals surface area (Å²) in [7, 11) is 0. The quantitative estimate of drug-likeness (QED) is 0.679. The van der Waals surface area contributed by atoms with Crippen molar-refractivity contribution < 1.29 is 0 Å². The van der Waals surface area contributed by atoms with E-state index in [1.807, 2.05) is 0 Å². The Morgan fingerprint density at radius 1 is 1.13 bits per heavy atom. The average molecular weight is 200 g/mol. The Kier molecular flexibility index (Phi) is 2.28. The second-order valence-electron chi connectivity index (χ2n) is 4.90. The molecular formula is C14H18N. The monoisotopic (exact) mass is 200 g/mol. The molecule has 1 aromatic rings. The highest BCUT2D eigenvalue weighted by Crippen LogP contribution is 2.45. The molecule has 0 unspecified atom stereocenters. The molecule has 0 amide bonds. The van der Waals surface area contributed by atoms with Crippen molar-refractivity contribution in [3.8, 4) is 0 Å². The van der Waals surface area contributed by atoms with Gasteiger partial charge in [0.05, 0.1) is 0 Å². The van der Waals surface area contributed by atoms with Gasteiger partial charge in [0, 0.05) is 6.54 Å². The largest absolute Gasteiger partial charge is 0.312 e. The summed E-state index contributed by atoms with van der Waals surface area (Å²) < 4.78 is 0. The molecule has 1 aliphatic heterocycles. The number of aryl methyl sites for hydroxylation is 1. The molecule has 1 N–H and O–H groups in total. The minimum atomic E-state index is 0.472. The lowest BCUT2D eigenvalue weighted by Crippen LogP contribution is -2.22. The van der Waals surface area contributed by atoms with E-state index in [1.54, 1.807) is 11.1 Å². The highest BCUT2D eigenvalue weighted by molar-refractivity contribution is 5.39. The lowest BCUT2D eigenvalue weighted by molar-refractivity contribution is 0.392. The summed E-state index contributed by atoms with van der Waals surface area (Å²) in [6.45, 7) is 3.44. The van der Waals surface area contributed by atoms with Gasteiger partial charge in [-0.05, 0) is 55.2 Å². The first-order valence-corrected chi connectivity index (χ1v) is 6.04. The molecule has 3 rings (SSSR count). The first kappa shape index (κ1) is 9.41. The zero-order valence-corrected chi connectivity index (χ0v) is 9.13. The van der Waals surface area contributed by atoms with Gasteiger partial charge in [0.1, 0.15) is 0 Å². The standard InChI is InChI=1S/C14H18N/c1-2-5-13-12(4-1)6-8-14(13)7-3-10-15-11-9-14/h1-2,4-5,11,15H,3,6-10H2/t14-/m1/s1. The van der Waals surface area contributed by atoms with E-state index in [0.717, 1.165) is 6.54 Å². The Morgan fingerprint density at radius 2 is 2.07 bits per heavy atom. The molecule has 2 aliphatic rings. The third-order valence-corrected chi connectivity index (χ3v) is 4.08. The van der Waals surface area contributed by atoms with Crippen molar-refractivity contribution in [3.63, 3.8) is 0 Å². The molecule has 1 aliphatic carbocycles. The van der Waals surface area contributed by atoms with Gasteiger partial charge in [0.25, 0.3) is 0 Å². The highest BCUT2D eigenvalue weighted by atomic mass is 14.9. The fourth-order valence-corrected chi connectivity index (χ4v) is 3.24. The van der Waals surface area contributed by atoms with Crippen molar-refractivity contribution in [1.82, 2.24) is 5.32 Å². The number of hydrogen-bond donors (Lipinski definition) is 1. The molecule has 1 nitrogen and oxygen atoms in total. The minimum absolute atomic E-state index is 0.472. The van der Waals surface area contributed by atoms with Crippen molar-refractivity contribution in [2.45, 2.75) is 37.5 Å². The second kappa shape index (κ2) is 3.64. The average Bonchev–Trinajstić information content (AvgIpc) is 2.48. The van der Waals surface area contributed by atoms with E-state index in [0.29, 0.717) is 5.41 Å². The van der Waals surface area contributed by atoms with E-state index >= 15 is 0 Å². The number of fused-ring (bicyclic) bond motifs is 2. The van der Waals surface area contributed by atoms with Crippen LogP contribution in [-0.4, -0.2) is 6.54 Å². The SMILES string of the molecule is [CH]1C[C@@]2(CCCN1)CCc1ccccc12. The number of benzene rings is 1. The molecular weight excluding hydrogens is 182 g/mol. The minimum Gasteiger partial charge on any atom is -0.312 e. The van der Waals surface area contributed by atoms with Crippen molar-refractivity contribution >= 4 is 0 Å². The Bertz CT molecular complexity index is 348. The van der Waals surface area contributed by atoms with Gasteiger partial charge in [-0.25, -0.2) is 0 Å². The summed E-state index contributed by atoms with van der Waals surface area (Å²) >= 11 is 0. The van der Waals surface area contributed by atoms with Gasteiger partial charge >= 0.3 is 0 Å². The van der Waals surface area contributed by atoms with Crippen molar-refractivity contribution in [2.24, 2.45) is 0 Å². The van der Waals surface area contributed by atoms with E-state index in [4.69, 9.17) is 0 Å². The van der Waals surface area contributed by atoms with Crippen LogP contribution in [-0.2, 0) is 11.8 Å². The maximum Gasteiger partial charge on any atom is 0.0230 e. The first-order valence-electron chi connectivity index (χ1n) is 6.04. The molecule has 1 atom stereocenters. The summed E-state index contributed by atoms with van der Waals surface area (Å²) in [5, 5.41) is 3.40. The molecule has 1 spiro atoms. The number of rotatable bonds is 0. The summed E-state index contributed by atoms with van der Waals surface area (Å²) in [5.41, 5.74) is 3.69. The van der Waals surface area contributed by atoms with Crippen LogP contribution < -0.4 is 5.32 Å². The van der Waals surface area contributed by atoms with Crippen LogP contribution in [0, 0.1) is 6.54 Å². The molecule has 15 heavy (non-hydrogen) atoms. The van der Waals surface area contributed by atoms with Crippen LogP contribution >= 0.6 is 0 Å². The molecule has 1 radical (unpaired) electrons. The predicted molar refractivity (Wildman–Crippen MR) is 62.6 cm³/mol. The lowest BCUT2D eigenvalue weighted by atomic mass is 9.76. The van der Waals surface area contributed by atoms with Crippen LogP contribution in [0.25, 0.3) is 0 Å². The molecule has 0 saturated carbocycles. The van der Waals surface area contributed by atoms with Gasteiger partial charge in [-0.15, -0.1) is 0 Å². The van der Waals surface area contributed by atoms with Crippen LogP contribution in [0.2, 0.25) is 0 Å². The van der Waals surface area contributed by atoms with Gasteiger partial charge in [-0.2, -0.15) is 0 Å². The Hall–Kier alpha value is -0.820. The van der Waals surface area contributed by atoms with Gasteiger partial charge in [-0.3, -0.25) is 0 Å². The van der Waals surface area contributed by atoms with Crippen LogP contribution in [0.1, 0.15) is 36.8 Å². The van der Waals surface area contributed by atoms with E-state index in [1.165, 1.54) is 32.1 Å². The molecule has 0 bridgehead atoms.